The number of hydrogen-bond donors (Lipinski definition) is 1. The Hall–Kier alpha value is -0.120. The first-order valence-electron chi connectivity index (χ1n) is 5.48. The molecule has 3 heterocycles. The molecular formula is C10H18N2O. The minimum absolute atomic E-state index is 0.574. The van der Waals surface area contributed by atoms with Crippen LogP contribution in [-0.4, -0.2) is 49.8 Å². The number of nitrogens with zero attached hydrogens (tertiary/aromatic N) is 1. The van der Waals surface area contributed by atoms with Gasteiger partial charge in [0.15, 0.2) is 0 Å². The molecule has 2 atom stereocenters. The highest BCUT2D eigenvalue weighted by Crippen LogP contribution is 2.28. The Labute approximate surface area is 79.4 Å². The average molecular weight is 182 g/mol. The summed E-state index contributed by atoms with van der Waals surface area (Å²) in [7, 11) is 0. The van der Waals surface area contributed by atoms with Gasteiger partial charge in [0.05, 0.1) is 12.7 Å². The monoisotopic (exact) mass is 182 g/mol. The maximum Gasteiger partial charge on any atom is 0.0718 e. The van der Waals surface area contributed by atoms with Gasteiger partial charge in [-0.2, -0.15) is 0 Å². The highest BCUT2D eigenvalue weighted by Gasteiger charge is 2.38. The molecule has 2 bridgehead atoms. The van der Waals surface area contributed by atoms with Crippen LogP contribution in [0.5, 0.6) is 0 Å². The number of hydrogen-bond acceptors (Lipinski definition) is 3. The Kier molecular flexibility index (Phi) is 2.04. The van der Waals surface area contributed by atoms with Crippen LogP contribution in [0.1, 0.15) is 12.8 Å². The summed E-state index contributed by atoms with van der Waals surface area (Å²) in [4.78, 5) is 2.63. The van der Waals surface area contributed by atoms with E-state index < -0.39 is 0 Å². The lowest BCUT2D eigenvalue weighted by Gasteiger charge is -2.32. The van der Waals surface area contributed by atoms with E-state index in [2.05, 4.69) is 10.2 Å². The summed E-state index contributed by atoms with van der Waals surface area (Å²) in [6, 6.07) is 0.762. The molecule has 0 radical (unpaired) electrons. The molecule has 13 heavy (non-hydrogen) atoms. The molecule has 3 fully saturated rings. The van der Waals surface area contributed by atoms with E-state index in [1.165, 1.54) is 39.0 Å². The Morgan fingerprint density at radius 2 is 2.31 bits per heavy atom. The van der Waals surface area contributed by atoms with Gasteiger partial charge in [-0.25, -0.2) is 0 Å². The molecule has 2 unspecified atom stereocenters. The fraction of sp³-hybridized carbons (Fsp3) is 1.00. The summed E-state index contributed by atoms with van der Waals surface area (Å²) in [6.45, 7) is 5.99. The molecule has 3 aliphatic heterocycles. The summed E-state index contributed by atoms with van der Waals surface area (Å²) in [6.07, 6.45) is 3.25. The largest absolute Gasteiger partial charge is 0.375 e. The van der Waals surface area contributed by atoms with E-state index in [-0.39, 0.29) is 0 Å². The number of ether oxygens (including phenoxy) is 1. The second-order valence-electron chi connectivity index (χ2n) is 4.65. The van der Waals surface area contributed by atoms with Crippen LogP contribution in [-0.2, 0) is 4.74 Å². The van der Waals surface area contributed by atoms with E-state index >= 15 is 0 Å². The lowest BCUT2D eigenvalue weighted by atomic mass is 9.99. The lowest BCUT2D eigenvalue weighted by molar-refractivity contribution is 0.0275. The van der Waals surface area contributed by atoms with Crippen LogP contribution in [0.15, 0.2) is 0 Å². The predicted molar refractivity (Wildman–Crippen MR) is 50.7 cm³/mol. The predicted octanol–water partition coefficient (Wildman–Crippen LogP) is 0.0690. The molecule has 0 aromatic heterocycles. The quantitative estimate of drug-likeness (QED) is 0.668. The van der Waals surface area contributed by atoms with Crippen LogP contribution in [0.4, 0.5) is 0 Å². The molecule has 3 aliphatic rings. The van der Waals surface area contributed by atoms with Crippen LogP contribution in [0.3, 0.4) is 0 Å². The van der Waals surface area contributed by atoms with E-state index in [9.17, 15) is 0 Å². The zero-order chi connectivity index (χ0) is 8.67. The molecule has 0 saturated carbocycles. The molecule has 0 aromatic rings. The topological polar surface area (TPSA) is 24.5 Å². The van der Waals surface area contributed by atoms with Crippen LogP contribution < -0.4 is 5.32 Å². The first-order chi connectivity index (χ1) is 6.42. The van der Waals surface area contributed by atoms with Crippen LogP contribution in [0, 0.1) is 5.92 Å². The summed E-state index contributed by atoms with van der Waals surface area (Å²) in [5.41, 5.74) is 0. The number of likely N-dealkylation sites (tertiary alicyclic amines) is 1. The number of fused-ring (bicyclic) bond motifs is 2. The van der Waals surface area contributed by atoms with Gasteiger partial charge in [-0.1, -0.05) is 0 Å². The standard InChI is InChI=1S/C10H18N2O/c1(8-4-11-5-8)2-12-6-10-3-9(12)7-13-10/h8-11H,1-7H2. The third kappa shape index (κ3) is 1.49. The highest BCUT2D eigenvalue weighted by atomic mass is 16.5. The van der Waals surface area contributed by atoms with Gasteiger partial charge in [-0.05, 0) is 38.4 Å². The summed E-state index contributed by atoms with van der Waals surface area (Å²) >= 11 is 0. The fourth-order valence-electron chi connectivity index (χ4n) is 2.65. The zero-order valence-corrected chi connectivity index (χ0v) is 8.04. The van der Waals surface area contributed by atoms with Gasteiger partial charge in [0.25, 0.3) is 0 Å². The highest BCUT2D eigenvalue weighted by molar-refractivity contribution is 4.91. The Balaban J connectivity index is 1.45. The minimum Gasteiger partial charge on any atom is -0.375 e. The molecular weight excluding hydrogens is 164 g/mol. The molecule has 1 N–H and O–H groups in total. The van der Waals surface area contributed by atoms with Crippen LogP contribution in [0.25, 0.3) is 0 Å². The first kappa shape index (κ1) is 8.21. The van der Waals surface area contributed by atoms with E-state index in [1.807, 2.05) is 0 Å². The number of morpholine rings is 1. The molecule has 74 valence electrons. The summed E-state index contributed by atoms with van der Waals surface area (Å²) in [5, 5.41) is 3.33. The van der Waals surface area contributed by atoms with Gasteiger partial charge >= 0.3 is 0 Å². The number of nitrogens with one attached hydrogen (secondary N) is 1. The van der Waals surface area contributed by atoms with Crippen molar-refractivity contribution in [1.29, 1.82) is 0 Å². The van der Waals surface area contributed by atoms with Gasteiger partial charge in [0, 0.05) is 12.6 Å². The molecule has 3 nitrogen and oxygen atoms in total. The lowest BCUT2D eigenvalue weighted by Crippen LogP contribution is -2.45. The molecule has 0 aliphatic carbocycles. The molecule has 0 amide bonds. The average Bonchev–Trinajstić information content (AvgIpc) is 2.61. The second kappa shape index (κ2) is 3.23. The normalized spacial score (nSPS) is 39.7. The van der Waals surface area contributed by atoms with Crippen molar-refractivity contribution in [2.24, 2.45) is 5.92 Å². The Bertz CT molecular complexity index is 193. The van der Waals surface area contributed by atoms with Crippen molar-refractivity contribution in [3.05, 3.63) is 0 Å². The fourth-order valence-corrected chi connectivity index (χ4v) is 2.65. The van der Waals surface area contributed by atoms with Crippen LogP contribution >= 0.6 is 0 Å². The maximum absolute atomic E-state index is 5.58. The van der Waals surface area contributed by atoms with Crippen molar-refractivity contribution in [2.75, 3.05) is 32.8 Å². The summed E-state index contributed by atoms with van der Waals surface area (Å²) in [5.74, 6) is 0.958. The third-order valence-corrected chi connectivity index (χ3v) is 3.70. The first-order valence-corrected chi connectivity index (χ1v) is 5.48. The van der Waals surface area contributed by atoms with Crippen molar-refractivity contribution in [1.82, 2.24) is 10.2 Å². The van der Waals surface area contributed by atoms with E-state index in [0.717, 1.165) is 18.6 Å². The van der Waals surface area contributed by atoms with Gasteiger partial charge in [0.2, 0.25) is 0 Å². The molecule has 0 spiro atoms. The van der Waals surface area contributed by atoms with Crippen molar-refractivity contribution in [2.45, 2.75) is 25.0 Å². The smallest absolute Gasteiger partial charge is 0.0718 e. The van der Waals surface area contributed by atoms with Gasteiger partial charge in [0.1, 0.15) is 0 Å². The van der Waals surface area contributed by atoms with Gasteiger partial charge in [-0.3, -0.25) is 4.90 Å². The van der Waals surface area contributed by atoms with Crippen molar-refractivity contribution >= 4 is 0 Å². The van der Waals surface area contributed by atoms with Gasteiger partial charge in [-0.15, -0.1) is 0 Å². The molecule has 3 heteroatoms. The third-order valence-electron chi connectivity index (χ3n) is 3.70. The number of rotatable bonds is 3. The SMILES string of the molecule is C(CN1CC2CC1CO2)C1CNC1. The van der Waals surface area contributed by atoms with Crippen molar-refractivity contribution < 1.29 is 4.74 Å². The molecule has 0 aromatic carbocycles. The Morgan fingerprint density at radius 3 is 2.85 bits per heavy atom. The minimum atomic E-state index is 0.574. The van der Waals surface area contributed by atoms with E-state index in [0.29, 0.717) is 6.10 Å². The Morgan fingerprint density at radius 1 is 1.38 bits per heavy atom. The van der Waals surface area contributed by atoms with E-state index in [1.54, 1.807) is 0 Å². The van der Waals surface area contributed by atoms with Crippen LogP contribution in [0.2, 0.25) is 0 Å². The maximum atomic E-state index is 5.58. The van der Waals surface area contributed by atoms with E-state index in [4.69, 9.17) is 4.74 Å². The van der Waals surface area contributed by atoms with Crippen molar-refractivity contribution in [3.63, 3.8) is 0 Å². The summed E-state index contributed by atoms with van der Waals surface area (Å²) < 4.78 is 5.58. The van der Waals surface area contributed by atoms with Gasteiger partial charge < -0.3 is 10.1 Å². The second-order valence-corrected chi connectivity index (χ2v) is 4.65. The molecule has 3 rings (SSSR count). The van der Waals surface area contributed by atoms with Crippen molar-refractivity contribution in [3.8, 4) is 0 Å². The zero-order valence-electron chi connectivity index (χ0n) is 8.04. The molecule has 3 saturated heterocycles.